The molecule has 25 heavy (non-hydrogen) atoms. The first-order chi connectivity index (χ1) is 12.0. The fourth-order valence-corrected chi connectivity index (χ4v) is 5.30. The second kappa shape index (κ2) is 7.79. The maximum absolute atomic E-state index is 12.2. The van der Waals surface area contributed by atoms with E-state index in [-0.39, 0.29) is 29.5 Å². The third kappa shape index (κ3) is 4.26. The topological polar surface area (TPSA) is 95.3 Å². The molecule has 1 fully saturated rings. The molecule has 1 aliphatic heterocycles. The molecule has 0 spiro atoms. The van der Waals surface area contributed by atoms with Crippen molar-refractivity contribution in [3.8, 4) is 5.75 Å². The number of hydrogen-bond donors (Lipinski definition) is 1. The Kier molecular flexibility index (Phi) is 5.50. The third-order valence-electron chi connectivity index (χ3n) is 3.76. The molecule has 1 N–H and O–H groups in total. The van der Waals surface area contributed by atoms with Gasteiger partial charge < -0.3 is 10.4 Å². The first-order valence-electron chi connectivity index (χ1n) is 7.60. The molecule has 2 aromatic rings. The molecule has 1 aliphatic rings. The average molecular weight is 375 g/mol. The Bertz CT molecular complexity index is 790. The number of amides is 1. The van der Waals surface area contributed by atoms with E-state index in [9.17, 15) is 20.0 Å². The van der Waals surface area contributed by atoms with Crippen LogP contribution < -0.4 is 10.4 Å². The zero-order valence-electron chi connectivity index (χ0n) is 13.1. The maximum Gasteiger partial charge on any atom is 0.269 e. The molecule has 0 atom stereocenters. The SMILES string of the molecule is O=C(NCc1cc([N+](=O)[O-])ccc1[O-])c1ccc(C2SCCS2)cc1. The van der Waals surface area contributed by atoms with E-state index in [1.165, 1.54) is 11.6 Å². The summed E-state index contributed by atoms with van der Waals surface area (Å²) in [5.74, 6) is 1.62. The number of nitrogens with zero attached hydrogens (tertiary/aromatic N) is 1. The predicted octanol–water partition coefficient (Wildman–Crippen LogP) is 3.08. The summed E-state index contributed by atoms with van der Waals surface area (Å²) < 4.78 is 0.421. The Labute approximate surface area is 153 Å². The number of carbonyl (C=O) groups excluding carboxylic acids is 1. The summed E-state index contributed by atoms with van der Waals surface area (Å²) in [6.45, 7) is -0.0462. The van der Waals surface area contributed by atoms with E-state index in [2.05, 4.69) is 5.32 Å². The summed E-state index contributed by atoms with van der Waals surface area (Å²) in [7, 11) is 0. The first kappa shape index (κ1) is 17.6. The van der Waals surface area contributed by atoms with Crippen molar-refractivity contribution in [1.29, 1.82) is 0 Å². The molecule has 0 aromatic heterocycles. The molecule has 1 amide bonds. The van der Waals surface area contributed by atoms with Gasteiger partial charge in [-0.3, -0.25) is 14.9 Å². The third-order valence-corrected chi connectivity index (χ3v) is 6.87. The van der Waals surface area contributed by atoms with Gasteiger partial charge in [0.2, 0.25) is 0 Å². The Morgan fingerprint density at radius 3 is 2.48 bits per heavy atom. The maximum atomic E-state index is 12.2. The van der Waals surface area contributed by atoms with Gasteiger partial charge >= 0.3 is 0 Å². The van der Waals surface area contributed by atoms with Crippen molar-refractivity contribution < 1.29 is 14.8 Å². The van der Waals surface area contributed by atoms with Crippen LogP contribution in [0, 0.1) is 10.1 Å². The number of nitro groups is 1. The summed E-state index contributed by atoms with van der Waals surface area (Å²) in [4.78, 5) is 22.4. The van der Waals surface area contributed by atoms with Gasteiger partial charge in [-0.05, 0) is 23.3 Å². The zero-order chi connectivity index (χ0) is 17.8. The van der Waals surface area contributed by atoms with E-state index >= 15 is 0 Å². The van der Waals surface area contributed by atoms with Gasteiger partial charge in [0.05, 0.1) is 9.51 Å². The van der Waals surface area contributed by atoms with Gasteiger partial charge in [0.25, 0.3) is 11.6 Å². The van der Waals surface area contributed by atoms with Gasteiger partial charge in [0.1, 0.15) is 0 Å². The van der Waals surface area contributed by atoms with Crippen LogP contribution in [0.4, 0.5) is 5.69 Å². The first-order valence-corrected chi connectivity index (χ1v) is 9.70. The number of nitrogens with one attached hydrogen (secondary N) is 1. The highest BCUT2D eigenvalue weighted by Crippen LogP contribution is 2.45. The summed E-state index contributed by atoms with van der Waals surface area (Å²) in [6, 6.07) is 10.9. The van der Waals surface area contributed by atoms with Crippen LogP contribution in [-0.2, 0) is 6.54 Å². The van der Waals surface area contributed by atoms with Gasteiger partial charge in [-0.2, -0.15) is 0 Å². The standard InChI is InChI=1S/C17H16N2O4S2/c20-15-6-5-14(19(22)23)9-13(15)10-18-16(21)11-1-3-12(4-2-11)17-24-7-8-25-17/h1-6,9,17,20H,7-8,10H2,(H,18,21)/p-1. The quantitative estimate of drug-likeness (QED) is 0.637. The molecular formula is C17H15N2O4S2-. The average Bonchev–Trinajstić information content (AvgIpc) is 3.15. The molecule has 1 saturated heterocycles. The number of benzene rings is 2. The van der Waals surface area contributed by atoms with Gasteiger partial charge in [0.15, 0.2) is 0 Å². The van der Waals surface area contributed by atoms with Crippen molar-refractivity contribution in [2.45, 2.75) is 11.1 Å². The summed E-state index contributed by atoms with van der Waals surface area (Å²) in [6.07, 6.45) is 0. The normalized spacial score (nSPS) is 14.4. The second-order valence-electron chi connectivity index (χ2n) is 5.43. The van der Waals surface area contributed by atoms with Crippen LogP contribution in [0.3, 0.4) is 0 Å². The largest absolute Gasteiger partial charge is 0.872 e. The number of rotatable bonds is 5. The smallest absolute Gasteiger partial charge is 0.269 e. The van der Waals surface area contributed by atoms with Crippen LogP contribution in [0.25, 0.3) is 0 Å². The van der Waals surface area contributed by atoms with Crippen LogP contribution >= 0.6 is 23.5 Å². The minimum absolute atomic E-state index is 0.0462. The van der Waals surface area contributed by atoms with E-state index < -0.39 is 4.92 Å². The highest BCUT2D eigenvalue weighted by molar-refractivity contribution is 8.19. The molecule has 8 heteroatoms. The monoisotopic (exact) mass is 375 g/mol. The van der Waals surface area contributed by atoms with Crippen molar-refractivity contribution >= 4 is 35.1 Å². The summed E-state index contributed by atoms with van der Waals surface area (Å²) >= 11 is 3.79. The molecule has 0 bridgehead atoms. The van der Waals surface area contributed by atoms with Crippen LogP contribution in [-0.4, -0.2) is 22.3 Å². The molecule has 0 unspecified atom stereocenters. The van der Waals surface area contributed by atoms with Gasteiger partial charge in [0, 0.05) is 35.7 Å². The summed E-state index contributed by atoms with van der Waals surface area (Å²) in [5.41, 5.74) is 1.71. The highest BCUT2D eigenvalue weighted by atomic mass is 32.2. The van der Waals surface area contributed by atoms with Crippen molar-refractivity contribution in [2.75, 3.05) is 11.5 Å². The molecule has 1 heterocycles. The Morgan fingerprint density at radius 1 is 1.16 bits per heavy atom. The fourth-order valence-electron chi connectivity index (χ4n) is 2.44. The van der Waals surface area contributed by atoms with Gasteiger partial charge in [-0.1, -0.05) is 18.2 Å². The summed E-state index contributed by atoms with van der Waals surface area (Å²) in [5, 5.41) is 25.2. The molecular weight excluding hydrogens is 360 g/mol. The number of thioether (sulfide) groups is 2. The lowest BCUT2D eigenvalue weighted by Gasteiger charge is -2.14. The van der Waals surface area contributed by atoms with Gasteiger partial charge in [-0.15, -0.1) is 29.3 Å². The van der Waals surface area contributed by atoms with Crippen molar-refractivity contribution in [3.63, 3.8) is 0 Å². The number of nitro benzene ring substituents is 1. The van der Waals surface area contributed by atoms with E-state index in [4.69, 9.17) is 0 Å². The van der Waals surface area contributed by atoms with Crippen LogP contribution in [0.5, 0.6) is 5.75 Å². The van der Waals surface area contributed by atoms with E-state index in [0.29, 0.717) is 10.1 Å². The van der Waals surface area contributed by atoms with Crippen LogP contribution in [0.1, 0.15) is 26.1 Å². The van der Waals surface area contributed by atoms with Crippen molar-refractivity contribution in [3.05, 3.63) is 69.3 Å². The van der Waals surface area contributed by atoms with E-state index in [1.807, 2.05) is 35.7 Å². The number of hydrogen-bond acceptors (Lipinski definition) is 6. The fraction of sp³-hybridized carbons (Fsp3) is 0.235. The highest BCUT2D eigenvalue weighted by Gasteiger charge is 2.18. The van der Waals surface area contributed by atoms with Gasteiger partial charge in [-0.25, -0.2) is 0 Å². The predicted molar refractivity (Wildman–Crippen MR) is 97.8 cm³/mol. The molecule has 0 radical (unpaired) electrons. The lowest BCUT2D eigenvalue weighted by molar-refractivity contribution is -0.385. The Balaban J connectivity index is 1.64. The minimum atomic E-state index is -0.567. The number of carbonyl (C=O) groups is 1. The van der Waals surface area contributed by atoms with Crippen molar-refractivity contribution in [1.82, 2.24) is 5.32 Å². The molecule has 2 aromatic carbocycles. The van der Waals surface area contributed by atoms with E-state index in [1.54, 1.807) is 12.1 Å². The zero-order valence-corrected chi connectivity index (χ0v) is 14.8. The van der Waals surface area contributed by atoms with E-state index in [0.717, 1.165) is 23.6 Å². The lowest BCUT2D eigenvalue weighted by atomic mass is 10.1. The van der Waals surface area contributed by atoms with Crippen LogP contribution in [0.15, 0.2) is 42.5 Å². The second-order valence-corrected chi connectivity index (χ2v) is 8.15. The van der Waals surface area contributed by atoms with Crippen molar-refractivity contribution in [2.24, 2.45) is 0 Å². The Morgan fingerprint density at radius 2 is 1.84 bits per heavy atom. The Hall–Kier alpha value is -2.19. The molecule has 0 aliphatic carbocycles. The van der Waals surface area contributed by atoms with Crippen LogP contribution in [0.2, 0.25) is 0 Å². The molecule has 3 rings (SSSR count). The molecule has 0 saturated carbocycles. The molecule has 6 nitrogen and oxygen atoms in total. The minimum Gasteiger partial charge on any atom is -0.872 e. The lowest BCUT2D eigenvalue weighted by Crippen LogP contribution is -2.23. The molecule has 130 valence electrons. The number of non-ortho nitro benzene ring substituents is 1.